The van der Waals surface area contributed by atoms with E-state index in [1.807, 2.05) is 0 Å². The SMILES string of the molecule is COCC(O)CN(C)C(=O)c1ccc([N+](=O)[O-])c(Cl)c1. The largest absolute Gasteiger partial charge is 0.389 e. The Morgan fingerprint density at radius 2 is 2.25 bits per heavy atom. The van der Waals surface area contributed by atoms with E-state index in [1.54, 1.807) is 0 Å². The number of carbonyl (C=O) groups excluding carboxylic acids is 1. The Morgan fingerprint density at radius 3 is 2.75 bits per heavy atom. The average molecular weight is 303 g/mol. The van der Waals surface area contributed by atoms with Crippen LogP contribution in [0.3, 0.4) is 0 Å². The summed E-state index contributed by atoms with van der Waals surface area (Å²) in [6.07, 6.45) is -0.803. The number of hydrogen-bond acceptors (Lipinski definition) is 5. The fourth-order valence-corrected chi connectivity index (χ4v) is 1.90. The topological polar surface area (TPSA) is 92.9 Å². The molecule has 1 aromatic rings. The van der Waals surface area contributed by atoms with E-state index in [9.17, 15) is 20.0 Å². The van der Waals surface area contributed by atoms with E-state index in [0.29, 0.717) is 0 Å². The van der Waals surface area contributed by atoms with Gasteiger partial charge >= 0.3 is 0 Å². The second kappa shape index (κ2) is 7.18. The van der Waals surface area contributed by atoms with Crippen molar-refractivity contribution in [3.8, 4) is 0 Å². The zero-order chi connectivity index (χ0) is 15.3. The number of amides is 1. The highest BCUT2D eigenvalue weighted by Gasteiger charge is 2.19. The van der Waals surface area contributed by atoms with Gasteiger partial charge in [-0.25, -0.2) is 0 Å². The van der Waals surface area contributed by atoms with Crippen LogP contribution in [0, 0.1) is 10.1 Å². The van der Waals surface area contributed by atoms with Gasteiger partial charge in [0.25, 0.3) is 11.6 Å². The molecule has 0 aliphatic carbocycles. The van der Waals surface area contributed by atoms with E-state index >= 15 is 0 Å². The van der Waals surface area contributed by atoms with Gasteiger partial charge in [-0.3, -0.25) is 14.9 Å². The van der Waals surface area contributed by atoms with Crippen molar-refractivity contribution in [1.29, 1.82) is 0 Å². The zero-order valence-electron chi connectivity index (χ0n) is 11.1. The van der Waals surface area contributed by atoms with Gasteiger partial charge in [0.2, 0.25) is 0 Å². The van der Waals surface area contributed by atoms with Gasteiger partial charge in [-0.1, -0.05) is 11.6 Å². The number of halogens is 1. The van der Waals surface area contributed by atoms with Crippen molar-refractivity contribution < 1.29 is 19.6 Å². The molecule has 1 aromatic carbocycles. The molecule has 1 amide bonds. The number of likely N-dealkylation sites (N-methyl/N-ethyl adjacent to an activating group) is 1. The monoisotopic (exact) mass is 302 g/mol. The first-order valence-corrected chi connectivity index (χ1v) is 6.11. The molecule has 8 heteroatoms. The summed E-state index contributed by atoms with van der Waals surface area (Å²) in [6, 6.07) is 3.74. The third-order valence-corrected chi connectivity index (χ3v) is 2.88. The maximum atomic E-state index is 12.1. The van der Waals surface area contributed by atoms with Gasteiger partial charge in [-0.2, -0.15) is 0 Å². The quantitative estimate of drug-likeness (QED) is 0.632. The molecule has 0 aromatic heterocycles. The lowest BCUT2D eigenvalue weighted by molar-refractivity contribution is -0.384. The molecular formula is C12H15ClN2O5. The maximum Gasteiger partial charge on any atom is 0.287 e. The van der Waals surface area contributed by atoms with Gasteiger partial charge < -0.3 is 14.7 Å². The predicted octanol–water partition coefficient (Wildman–Crippen LogP) is 1.33. The molecule has 1 unspecified atom stereocenters. The van der Waals surface area contributed by atoms with Crippen LogP contribution in [0.4, 0.5) is 5.69 Å². The van der Waals surface area contributed by atoms with E-state index in [2.05, 4.69) is 0 Å². The third kappa shape index (κ3) is 4.16. The van der Waals surface area contributed by atoms with Gasteiger partial charge in [0, 0.05) is 32.3 Å². The number of rotatable bonds is 6. The van der Waals surface area contributed by atoms with E-state index < -0.39 is 16.9 Å². The molecule has 1 rings (SSSR count). The lowest BCUT2D eigenvalue weighted by Crippen LogP contribution is -2.36. The van der Waals surface area contributed by atoms with Crippen molar-refractivity contribution in [2.24, 2.45) is 0 Å². The number of nitrogens with zero attached hydrogens (tertiary/aromatic N) is 2. The third-order valence-electron chi connectivity index (χ3n) is 2.58. The van der Waals surface area contributed by atoms with Crippen molar-refractivity contribution in [2.45, 2.75) is 6.10 Å². The van der Waals surface area contributed by atoms with Crippen molar-refractivity contribution in [2.75, 3.05) is 27.3 Å². The normalized spacial score (nSPS) is 12.0. The van der Waals surface area contributed by atoms with Crippen LogP contribution in [-0.2, 0) is 4.74 Å². The van der Waals surface area contributed by atoms with Crippen molar-refractivity contribution >= 4 is 23.2 Å². The number of aliphatic hydroxyl groups is 1. The molecule has 110 valence electrons. The molecule has 1 N–H and O–H groups in total. The van der Waals surface area contributed by atoms with Crippen molar-refractivity contribution in [3.63, 3.8) is 0 Å². The van der Waals surface area contributed by atoms with Gasteiger partial charge in [0.15, 0.2) is 0 Å². The van der Waals surface area contributed by atoms with E-state index in [4.69, 9.17) is 16.3 Å². The Morgan fingerprint density at radius 1 is 1.60 bits per heavy atom. The Kier molecular flexibility index (Phi) is 5.87. The van der Waals surface area contributed by atoms with Crippen LogP contribution in [0.25, 0.3) is 0 Å². The van der Waals surface area contributed by atoms with Crippen molar-refractivity contribution in [3.05, 3.63) is 38.9 Å². The molecule has 0 saturated carbocycles. The second-order valence-corrected chi connectivity index (χ2v) is 4.63. The number of hydrogen-bond donors (Lipinski definition) is 1. The van der Waals surface area contributed by atoms with Crippen molar-refractivity contribution in [1.82, 2.24) is 4.90 Å². The summed E-state index contributed by atoms with van der Waals surface area (Å²) < 4.78 is 4.77. The highest BCUT2D eigenvalue weighted by atomic mass is 35.5. The van der Waals surface area contributed by atoms with Gasteiger partial charge in [-0.15, -0.1) is 0 Å². The van der Waals surface area contributed by atoms with Gasteiger partial charge in [-0.05, 0) is 12.1 Å². The molecule has 0 heterocycles. The summed E-state index contributed by atoms with van der Waals surface area (Å²) in [5, 5.41) is 20.1. The van der Waals surface area contributed by atoms with Crippen LogP contribution in [-0.4, -0.2) is 54.3 Å². The molecular weight excluding hydrogens is 288 g/mol. The molecule has 0 radical (unpaired) electrons. The summed E-state index contributed by atoms with van der Waals surface area (Å²) >= 11 is 5.75. The van der Waals surface area contributed by atoms with Crippen LogP contribution in [0.1, 0.15) is 10.4 Å². The average Bonchev–Trinajstić information content (AvgIpc) is 2.37. The number of methoxy groups -OCH3 is 1. The number of aliphatic hydroxyl groups excluding tert-OH is 1. The molecule has 0 aliphatic heterocycles. The van der Waals surface area contributed by atoms with E-state index in [-0.39, 0.29) is 29.4 Å². The summed E-state index contributed by atoms with van der Waals surface area (Å²) in [4.78, 5) is 23.4. The van der Waals surface area contributed by atoms with E-state index in [1.165, 1.54) is 37.3 Å². The zero-order valence-corrected chi connectivity index (χ0v) is 11.8. The first-order chi connectivity index (χ1) is 9.36. The molecule has 1 atom stereocenters. The number of nitro benzene ring substituents is 1. The molecule has 0 spiro atoms. The molecule has 0 bridgehead atoms. The number of carbonyl (C=O) groups is 1. The Balaban J connectivity index is 2.82. The minimum Gasteiger partial charge on any atom is -0.389 e. The second-order valence-electron chi connectivity index (χ2n) is 4.22. The molecule has 0 saturated heterocycles. The van der Waals surface area contributed by atoms with Crippen LogP contribution >= 0.6 is 11.6 Å². The molecule has 0 fully saturated rings. The number of benzene rings is 1. The summed E-state index contributed by atoms with van der Waals surface area (Å²) in [5.74, 6) is -0.392. The summed E-state index contributed by atoms with van der Waals surface area (Å²) in [5.41, 5.74) is -0.0435. The fraction of sp³-hybridized carbons (Fsp3) is 0.417. The Bertz CT molecular complexity index is 509. The minimum atomic E-state index is -0.803. The lowest BCUT2D eigenvalue weighted by Gasteiger charge is -2.20. The Labute approximate surface area is 120 Å². The highest BCUT2D eigenvalue weighted by Crippen LogP contribution is 2.25. The highest BCUT2D eigenvalue weighted by molar-refractivity contribution is 6.33. The standard InChI is InChI=1S/C12H15ClN2O5/c1-14(6-9(16)7-20-2)12(17)8-3-4-11(15(18)19)10(13)5-8/h3-5,9,16H,6-7H2,1-2H3. The first kappa shape index (κ1) is 16.4. The predicted molar refractivity (Wildman–Crippen MR) is 72.9 cm³/mol. The number of ether oxygens (including phenoxy) is 1. The summed E-state index contributed by atoms with van der Waals surface area (Å²) in [6.45, 7) is 0.194. The fourth-order valence-electron chi connectivity index (χ4n) is 1.65. The van der Waals surface area contributed by atoms with Crippen LogP contribution < -0.4 is 0 Å². The van der Waals surface area contributed by atoms with Crippen LogP contribution in [0.5, 0.6) is 0 Å². The van der Waals surface area contributed by atoms with Gasteiger partial charge in [0.1, 0.15) is 5.02 Å². The lowest BCUT2D eigenvalue weighted by atomic mass is 10.1. The molecule has 0 aliphatic rings. The van der Waals surface area contributed by atoms with Crippen LogP contribution in [0.15, 0.2) is 18.2 Å². The number of nitro groups is 1. The van der Waals surface area contributed by atoms with Gasteiger partial charge in [0.05, 0.1) is 17.6 Å². The summed E-state index contributed by atoms with van der Waals surface area (Å²) in [7, 11) is 2.96. The molecule has 20 heavy (non-hydrogen) atoms. The van der Waals surface area contributed by atoms with Crippen LogP contribution in [0.2, 0.25) is 5.02 Å². The smallest absolute Gasteiger partial charge is 0.287 e. The Hall–Kier alpha value is -1.70. The minimum absolute atomic E-state index is 0.0846. The van der Waals surface area contributed by atoms with E-state index in [0.717, 1.165) is 0 Å². The molecule has 7 nitrogen and oxygen atoms in total. The first-order valence-electron chi connectivity index (χ1n) is 5.73. The maximum absolute atomic E-state index is 12.1.